The summed E-state index contributed by atoms with van der Waals surface area (Å²) in [4.78, 5) is 7.83. The molecule has 3 aromatic rings. The van der Waals surface area contributed by atoms with Gasteiger partial charge in [-0.05, 0) is 43.2 Å². The molecule has 1 heterocycles. The molecular weight excluding hydrogens is 258 g/mol. The topological polar surface area (TPSA) is 54.7 Å². The van der Waals surface area contributed by atoms with Crippen LogP contribution in [0.25, 0.3) is 22.4 Å². The Balaban J connectivity index is 2.28. The fraction of sp³-hybridized carbons (Fsp3) is 0.133. The molecule has 0 bridgehead atoms. The quantitative estimate of drug-likeness (QED) is 0.655. The number of anilines is 1. The monoisotopic (exact) mass is 271 g/mol. The van der Waals surface area contributed by atoms with Gasteiger partial charge in [0.2, 0.25) is 0 Å². The van der Waals surface area contributed by atoms with Gasteiger partial charge in [0.05, 0.1) is 10.5 Å². The molecule has 19 heavy (non-hydrogen) atoms. The number of benzene rings is 2. The molecule has 4 heteroatoms. The lowest BCUT2D eigenvalue weighted by molar-refractivity contribution is 1.30. The number of hydrogen-bond donors (Lipinski definition) is 2. The standard InChI is InChI=1S/C15H14ClN3/c1-8-6-9(2)13(17)10(7-8)15-18-12-5-3-4-11(16)14(12)19-15/h3-7H,17H2,1-2H3,(H,18,19). The van der Waals surface area contributed by atoms with Crippen molar-refractivity contribution in [2.45, 2.75) is 13.8 Å². The van der Waals surface area contributed by atoms with E-state index < -0.39 is 0 Å². The Morgan fingerprint density at radius 3 is 2.74 bits per heavy atom. The molecule has 0 aliphatic carbocycles. The third-order valence-corrected chi connectivity index (χ3v) is 3.55. The van der Waals surface area contributed by atoms with Crippen LogP contribution in [-0.2, 0) is 0 Å². The first kappa shape index (κ1) is 12.1. The van der Waals surface area contributed by atoms with Gasteiger partial charge in [-0.1, -0.05) is 23.7 Å². The van der Waals surface area contributed by atoms with E-state index in [-0.39, 0.29) is 0 Å². The average molecular weight is 272 g/mol. The Hall–Kier alpha value is -2.00. The van der Waals surface area contributed by atoms with Crippen molar-refractivity contribution in [1.82, 2.24) is 9.97 Å². The van der Waals surface area contributed by atoms with E-state index in [0.29, 0.717) is 5.02 Å². The number of aromatic nitrogens is 2. The molecule has 0 aliphatic rings. The van der Waals surface area contributed by atoms with Crippen LogP contribution in [0.4, 0.5) is 5.69 Å². The molecule has 3 nitrogen and oxygen atoms in total. The Morgan fingerprint density at radius 1 is 1.21 bits per heavy atom. The van der Waals surface area contributed by atoms with Gasteiger partial charge in [-0.25, -0.2) is 4.98 Å². The lowest BCUT2D eigenvalue weighted by atomic mass is 10.0. The van der Waals surface area contributed by atoms with Crippen molar-refractivity contribution in [3.8, 4) is 11.4 Å². The number of imidazole rings is 1. The summed E-state index contributed by atoms with van der Waals surface area (Å²) in [5.74, 6) is 0.757. The van der Waals surface area contributed by atoms with E-state index in [9.17, 15) is 0 Å². The zero-order valence-electron chi connectivity index (χ0n) is 10.8. The second-order valence-corrected chi connectivity index (χ2v) is 5.17. The number of nitrogens with two attached hydrogens (primary N) is 1. The fourth-order valence-corrected chi connectivity index (χ4v) is 2.52. The number of hydrogen-bond acceptors (Lipinski definition) is 2. The van der Waals surface area contributed by atoms with E-state index >= 15 is 0 Å². The molecule has 0 fully saturated rings. The van der Waals surface area contributed by atoms with Crippen molar-refractivity contribution in [2.24, 2.45) is 0 Å². The van der Waals surface area contributed by atoms with Crippen LogP contribution < -0.4 is 5.73 Å². The van der Waals surface area contributed by atoms with Gasteiger partial charge in [0, 0.05) is 11.3 Å². The summed E-state index contributed by atoms with van der Waals surface area (Å²) in [7, 11) is 0. The SMILES string of the molecule is Cc1cc(C)c(N)c(-c2nc3c(Cl)cccc3[nH]2)c1. The van der Waals surface area contributed by atoms with Gasteiger partial charge in [-0.15, -0.1) is 0 Å². The highest BCUT2D eigenvalue weighted by Gasteiger charge is 2.12. The number of halogens is 1. The number of nitrogen functional groups attached to an aromatic ring is 1. The summed E-state index contributed by atoms with van der Waals surface area (Å²) in [6.07, 6.45) is 0. The number of nitrogens with one attached hydrogen (secondary N) is 1. The van der Waals surface area contributed by atoms with E-state index in [1.54, 1.807) is 0 Å². The minimum atomic E-state index is 0.642. The van der Waals surface area contributed by atoms with Crippen LogP contribution in [0.15, 0.2) is 30.3 Å². The second-order valence-electron chi connectivity index (χ2n) is 4.76. The second kappa shape index (κ2) is 4.28. The summed E-state index contributed by atoms with van der Waals surface area (Å²) < 4.78 is 0. The van der Waals surface area contributed by atoms with E-state index in [0.717, 1.165) is 39.2 Å². The van der Waals surface area contributed by atoms with Crippen molar-refractivity contribution in [1.29, 1.82) is 0 Å². The summed E-state index contributed by atoms with van der Waals surface area (Å²) in [6, 6.07) is 9.79. The lowest BCUT2D eigenvalue weighted by Gasteiger charge is -2.07. The molecule has 96 valence electrons. The molecule has 0 amide bonds. The summed E-state index contributed by atoms with van der Waals surface area (Å²) in [6.45, 7) is 4.05. The van der Waals surface area contributed by atoms with E-state index in [2.05, 4.69) is 16.0 Å². The molecule has 0 aliphatic heterocycles. The van der Waals surface area contributed by atoms with Crippen LogP contribution in [0.1, 0.15) is 11.1 Å². The van der Waals surface area contributed by atoms with Crippen molar-refractivity contribution in [3.05, 3.63) is 46.5 Å². The van der Waals surface area contributed by atoms with Gasteiger partial charge in [-0.2, -0.15) is 0 Å². The first-order chi connectivity index (χ1) is 9.06. The predicted octanol–water partition coefficient (Wildman–Crippen LogP) is 4.08. The van der Waals surface area contributed by atoms with Gasteiger partial charge in [0.15, 0.2) is 0 Å². The maximum atomic E-state index is 6.15. The number of para-hydroxylation sites is 1. The van der Waals surface area contributed by atoms with Crippen LogP contribution in [0.2, 0.25) is 5.02 Å². The van der Waals surface area contributed by atoms with E-state index in [1.165, 1.54) is 0 Å². The number of fused-ring (bicyclic) bond motifs is 1. The molecule has 0 spiro atoms. The van der Waals surface area contributed by atoms with E-state index in [4.69, 9.17) is 17.3 Å². The van der Waals surface area contributed by atoms with Crippen molar-refractivity contribution in [2.75, 3.05) is 5.73 Å². The molecule has 0 unspecified atom stereocenters. The molecule has 0 saturated heterocycles. The molecule has 3 rings (SSSR count). The number of aryl methyl sites for hydroxylation is 2. The third kappa shape index (κ3) is 1.96. The summed E-state index contributed by atoms with van der Waals surface area (Å²) in [5.41, 5.74) is 11.7. The third-order valence-electron chi connectivity index (χ3n) is 3.25. The number of nitrogens with zero attached hydrogens (tertiary/aromatic N) is 1. The maximum absolute atomic E-state index is 6.15. The molecule has 1 aromatic heterocycles. The minimum absolute atomic E-state index is 0.642. The molecule has 3 N–H and O–H groups in total. The number of aromatic amines is 1. The lowest BCUT2D eigenvalue weighted by Crippen LogP contribution is -1.96. The van der Waals surface area contributed by atoms with Crippen LogP contribution in [0, 0.1) is 13.8 Å². The summed E-state index contributed by atoms with van der Waals surface area (Å²) >= 11 is 6.15. The van der Waals surface area contributed by atoms with Gasteiger partial charge >= 0.3 is 0 Å². The largest absolute Gasteiger partial charge is 0.398 e. The minimum Gasteiger partial charge on any atom is -0.398 e. The average Bonchev–Trinajstić information content (AvgIpc) is 2.79. The van der Waals surface area contributed by atoms with Gasteiger partial charge in [-0.3, -0.25) is 0 Å². The molecule has 0 atom stereocenters. The normalized spacial score (nSPS) is 11.1. The van der Waals surface area contributed by atoms with Gasteiger partial charge in [0.25, 0.3) is 0 Å². The molecule has 0 saturated carbocycles. The van der Waals surface area contributed by atoms with Crippen LogP contribution in [0.3, 0.4) is 0 Å². The zero-order chi connectivity index (χ0) is 13.6. The van der Waals surface area contributed by atoms with Crippen LogP contribution >= 0.6 is 11.6 Å². The van der Waals surface area contributed by atoms with Crippen molar-refractivity contribution >= 4 is 28.3 Å². The molecule has 0 radical (unpaired) electrons. The highest BCUT2D eigenvalue weighted by atomic mass is 35.5. The van der Waals surface area contributed by atoms with Crippen LogP contribution in [-0.4, -0.2) is 9.97 Å². The Labute approximate surface area is 116 Å². The molecular formula is C15H14ClN3. The highest BCUT2D eigenvalue weighted by molar-refractivity contribution is 6.35. The Kier molecular flexibility index (Phi) is 2.72. The fourth-order valence-electron chi connectivity index (χ4n) is 2.30. The van der Waals surface area contributed by atoms with Crippen molar-refractivity contribution < 1.29 is 0 Å². The van der Waals surface area contributed by atoms with E-state index in [1.807, 2.05) is 38.1 Å². The zero-order valence-corrected chi connectivity index (χ0v) is 11.5. The van der Waals surface area contributed by atoms with Gasteiger partial charge < -0.3 is 10.7 Å². The summed E-state index contributed by atoms with van der Waals surface area (Å²) in [5, 5.41) is 0.642. The van der Waals surface area contributed by atoms with Crippen molar-refractivity contribution in [3.63, 3.8) is 0 Å². The smallest absolute Gasteiger partial charge is 0.140 e. The number of H-pyrrole nitrogens is 1. The predicted molar refractivity (Wildman–Crippen MR) is 80.4 cm³/mol. The van der Waals surface area contributed by atoms with Gasteiger partial charge in [0.1, 0.15) is 11.3 Å². The highest BCUT2D eigenvalue weighted by Crippen LogP contribution is 2.31. The molecule has 2 aromatic carbocycles. The first-order valence-corrected chi connectivity index (χ1v) is 6.45. The van der Waals surface area contributed by atoms with Crippen LogP contribution in [0.5, 0.6) is 0 Å². The maximum Gasteiger partial charge on any atom is 0.140 e. The Morgan fingerprint density at radius 2 is 2.00 bits per heavy atom. The first-order valence-electron chi connectivity index (χ1n) is 6.07. The number of rotatable bonds is 1. The Bertz CT molecular complexity index is 774.